The highest BCUT2D eigenvalue weighted by molar-refractivity contribution is 5.92. The van der Waals surface area contributed by atoms with Gasteiger partial charge in [-0.05, 0) is 57.8 Å². The smallest absolute Gasteiger partial charge is 0.332 e. The van der Waals surface area contributed by atoms with Crippen molar-refractivity contribution in [1.29, 1.82) is 0 Å². The lowest BCUT2D eigenvalue weighted by Crippen LogP contribution is -2.63. The zero-order valence-electron chi connectivity index (χ0n) is 36.3. The summed E-state index contributed by atoms with van der Waals surface area (Å²) in [6.45, 7) is 0.759. The first-order valence-electron chi connectivity index (χ1n) is 22.7. The van der Waals surface area contributed by atoms with Crippen molar-refractivity contribution in [3.63, 3.8) is 0 Å². The molecule has 3 heterocycles. The highest BCUT2D eigenvalue weighted by Crippen LogP contribution is 2.37. The molecule has 0 unspecified atom stereocenters. The van der Waals surface area contributed by atoms with Gasteiger partial charge in [0.2, 0.25) is 11.8 Å². The van der Waals surface area contributed by atoms with E-state index in [4.69, 9.17) is 23.7 Å². The van der Waals surface area contributed by atoms with E-state index in [9.17, 15) is 64.5 Å². The van der Waals surface area contributed by atoms with Gasteiger partial charge in [0, 0.05) is 37.4 Å². The number of aromatic amines is 2. The summed E-state index contributed by atoms with van der Waals surface area (Å²) < 4.78 is 30.6. The number of aromatic nitrogens is 2. The van der Waals surface area contributed by atoms with Crippen LogP contribution in [0.4, 0.5) is 0 Å². The lowest BCUT2D eigenvalue weighted by molar-refractivity contribution is -0.331. The summed E-state index contributed by atoms with van der Waals surface area (Å²) in [4.78, 5) is 81.5. The lowest BCUT2D eigenvalue weighted by atomic mass is 9.80. The van der Waals surface area contributed by atoms with Crippen molar-refractivity contribution in [2.75, 3.05) is 19.7 Å². The zero-order chi connectivity index (χ0) is 46.9. The molecule has 14 atom stereocenters. The molecule has 0 radical (unpaired) electrons. The molecule has 23 nitrogen and oxygen atoms in total. The van der Waals surface area contributed by atoms with Gasteiger partial charge in [0.25, 0.3) is 11.5 Å². The maximum atomic E-state index is 14.0. The van der Waals surface area contributed by atoms with Gasteiger partial charge in [0.05, 0.1) is 37.1 Å². The number of ether oxygens (including phenoxy) is 5. The van der Waals surface area contributed by atoms with Crippen LogP contribution in [-0.2, 0) is 38.1 Å². The number of rotatable bonds is 17. The van der Waals surface area contributed by atoms with Crippen LogP contribution in [0.2, 0.25) is 0 Å². The number of carboxylic acids is 1. The Morgan fingerprint density at radius 3 is 2.11 bits per heavy atom. The maximum Gasteiger partial charge on any atom is 0.332 e. The van der Waals surface area contributed by atoms with E-state index in [1.54, 1.807) is 0 Å². The fourth-order valence-corrected chi connectivity index (χ4v) is 9.62. The van der Waals surface area contributed by atoms with Crippen LogP contribution in [0.5, 0.6) is 0 Å². The molecule has 2 saturated heterocycles. The molecule has 23 heteroatoms. The van der Waals surface area contributed by atoms with Crippen LogP contribution in [0.3, 0.4) is 0 Å². The van der Waals surface area contributed by atoms with Crippen LogP contribution in [0.15, 0.2) is 15.7 Å². The highest BCUT2D eigenvalue weighted by atomic mass is 16.7. The normalized spacial score (nSPS) is 36.3. The number of nitrogens with one attached hydrogen (secondary N) is 5. The Balaban J connectivity index is 1.26. The van der Waals surface area contributed by atoms with Crippen molar-refractivity contribution in [1.82, 2.24) is 25.9 Å². The van der Waals surface area contributed by atoms with Crippen LogP contribution in [0, 0.1) is 17.8 Å². The van der Waals surface area contributed by atoms with Gasteiger partial charge in [-0.2, -0.15) is 0 Å². The second kappa shape index (κ2) is 23.2. The maximum absolute atomic E-state index is 14.0. The minimum Gasteiger partial charge on any atom is -0.479 e. The Bertz CT molecular complexity index is 1840. The van der Waals surface area contributed by atoms with Crippen molar-refractivity contribution in [2.45, 2.75) is 176 Å². The molecule has 2 aliphatic heterocycles. The van der Waals surface area contributed by atoms with Crippen LogP contribution in [-0.4, -0.2) is 175 Å². The number of aliphatic hydroxyl groups excluding tert-OH is 6. The first-order chi connectivity index (χ1) is 31.0. The number of aliphatic hydroxyl groups is 6. The van der Waals surface area contributed by atoms with Gasteiger partial charge in [-0.15, -0.1) is 0 Å². The summed E-state index contributed by atoms with van der Waals surface area (Å²) in [6.07, 6.45) is -11.4. The number of carboxylic acid groups (broad SMARTS) is 1. The second-order valence-corrected chi connectivity index (χ2v) is 18.0. The molecular weight excluding hydrogens is 862 g/mol. The third kappa shape index (κ3) is 13.4. The van der Waals surface area contributed by atoms with E-state index in [2.05, 4.69) is 20.9 Å². The van der Waals surface area contributed by atoms with Crippen LogP contribution in [0.25, 0.3) is 0 Å². The van der Waals surface area contributed by atoms with E-state index in [-0.39, 0.29) is 56.5 Å². The quantitative estimate of drug-likeness (QED) is 0.0704. The number of aliphatic carboxylic acids is 1. The van der Waals surface area contributed by atoms with Crippen LogP contribution in [0.1, 0.15) is 101 Å². The highest BCUT2D eigenvalue weighted by Gasteiger charge is 2.50. The molecule has 6 rings (SSSR count). The number of carbonyl (C=O) groups excluding carboxylic acids is 3. The van der Waals surface area contributed by atoms with E-state index in [0.717, 1.165) is 38.2 Å². The Hall–Kier alpha value is -3.88. The summed E-state index contributed by atoms with van der Waals surface area (Å²) in [5.41, 5.74) is -2.33. The third-order valence-electron chi connectivity index (χ3n) is 13.3. The monoisotopic (exact) mass is 927 g/mol. The SMILES string of the molecule is C[C@@H]1O[C@@H](O[C@@H]2[C@@H](NC(=O)c3cc(=O)[nH]c(=O)[nH]3)C[C@@H](C(=O)NCCNC(=O)[C@H]3CC[C@H](O)CC3)C[C@H]2O[C@H]2C[C@@H](O[C@@H](CC3CCCCC3)C(=O)O)[C@@H](O)[C@@H](CO)O2)[C@@H](O)[C@H](O)[C@@H]1O. The molecule has 5 fully saturated rings. The van der Waals surface area contributed by atoms with Crippen molar-refractivity contribution in [3.05, 3.63) is 32.6 Å². The first kappa shape index (κ1) is 50.5. The minimum absolute atomic E-state index is 0.000437. The van der Waals surface area contributed by atoms with E-state index in [0.29, 0.717) is 25.7 Å². The summed E-state index contributed by atoms with van der Waals surface area (Å²) in [6, 6.07) is -0.433. The summed E-state index contributed by atoms with van der Waals surface area (Å²) in [7, 11) is 0. The van der Waals surface area contributed by atoms with Gasteiger partial charge < -0.3 is 80.4 Å². The van der Waals surface area contributed by atoms with Crippen molar-refractivity contribution < 1.29 is 78.6 Å². The Morgan fingerprint density at radius 1 is 0.785 bits per heavy atom. The number of hydrogen-bond acceptors (Lipinski definition) is 17. The van der Waals surface area contributed by atoms with Gasteiger partial charge in [-0.3, -0.25) is 24.2 Å². The molecule has 0 bridgehead atoms. The zero-order valence-corrected chi connectivity index (χ0v) is 36.3. The van der Waals surface area contributed by atoms with E-state index in [1.165, 1.54) is 6.92 Å². The molecule has 12 N–H and O–H groups in total. The predicted octanol–water partition coefficient (Wildman–Crippen LogP) is -2.77. The van der Waals surface area contributed by atoms with E-state index < -0.39 is 133 Å². The largest absolute Gasteiger partial charge is 0.479 e. The molecule has 0 aromatic carbocycles. The molecular formula is C42H65N5O18. The van der Waals surface area contributed by atoms with Gasteiger partial charge in [0.1, 0.15) is 42.3 Å². The van der Waals surface area contributed by atoms with E-state index in [1.807, 2.05) is 4.98 Å². The lowest BCUT2D eigenvalue weighted by Gasteiger charge is -2.47. The average Bonchev–Trinajstić information content (AvgIpc) is 3.27. The molecule has 1 aromatic heterocycles. The van der Waals surface area contributed by atoms with Gasteiger partial charge in [-0.25, -0.2) is 9.59 Å². The predicted molar refractivity (Wildman–Crippen MR) is 222 cm³/mol. The Labute approximate surface area is 373 Å². The molecule has 3 aliphatic carbocycles. The standard InChI is InChI=1S/C42H65N5O18/c1-19-32(51)34(53)35(54)41(61-19)65-36-24(45-39(57)25-16-30(50)47-42(60)46-25)14-22(38(56)44-12-11-43-37(55)21-7-9-23(49)10-8-21)15-27(36)63-31-17-26(33(52)29(18-48)64-31)62-28(40(58)59)13-20-5-3-2-4-6-20/h16,19-24,26-29,31-36,41,48-49,51-54H,2-15,17-18H2,1H3,(H,43,55)(H,44,56)(H,45,57)(H,58,59)(H2,46,47,50,60)/t19-,21-,22+,23-,24-,26+,27+,28-,29+,31+,32+,33+,34+,35-,36+,41-/m0/s1. The van der Waals surface area contributed by atoms with Gasteiger partial charge >= 0.3 is 11.7 Å². The second-order valence-electron chi connectivity index (χ2n) is 18.0. The molecule has 5 aliphatic rings. The van der Waals surface area contributed by atoms with Crippen molar-refractivity contribution >= 4 is 23.7 Å². The first-order valence-corrected chi connectivity index (χ1v) is 22.7. The molecule has 65 heavy (non-hydrogen) atoms. The fourth-order valence-electron chi connectivity index (χ4n) is 9.62. The molecule has 1 aromatic rings. The van der Waals surface area contributed by atoms with Crippen LogP contribution >= 0.6 is 0 Å². The average molecular weight is 928 g/mol. The molecule has 3 amide bonds. The number of amides is 3. The molecule has 0 spiro atoms. The Morgan fingerprint density at radius 2 is 1.46 bits per heavy atom. The molecule has 3 saturated carbocycles. The summed E-state index contributed by atoms with van der Waals surface area (Å²) in [5.74, 6) is -4.14. The third-order valence-corrected chi connectivity index (χ3v) is 13.3. The molecule has 366 valence electrons. The van der Waals surface area contributed by atoms with Crippen molar-refractivity contribution in [2.24, 2.45) is 17.8 Å². The van der Waals surface area contributed by atoms with Gasteiger partial charge in [0.15, 0.2) is 18.7 Å². The summed E-state index contributed by atoms with van der Waals surface area (Å²) >= 11 is 0. The van der Waals surface area contributed by atoms with E-state index >= 15 is 0 Å². The number of H-pyrrole nitrogens is 2. The number of hydrogen-bond donors (Lipinski definition) is 12. The van der Waals surface area contributed by atoms with Gasteiger partial charge in [-0.1, -0.05) is 32.1 Å². The fraction of sp³-hybridized carbons (Fsp3) is 0.810. The minimum atomic E-state index is -1.84. The Kier molecular flexibility index (Phi) is 18.1. The number of carbonyl (C=O) groups is 4. The van der Waals surface area contributed by atoms with Crippen molar-refractivity contribution in [3.8, 4) is 0 Å². The topological polar surface area (TPSA) is 358 Å². The van der Waals surface area contributed by atoms with Crippen LogP contribution < -0.4 is 27.2 Å². The summed E-state index contributed by atoms with van der Waals surface area (Å²) in [5, 5.41) is 81.9.